The Hall–Kier alpha value is -2.31. The van der Waals surface area contributed by atoms with E-state index in [9.17, 15) is 0 Å². The van der Waals surface area contributed by atoms with Gasteiger partial charge >= 0.3 is 0 Å². The zero-order chi connectivity index (χ0) is 13.4. The number of methoxy groups -OCH3 is 1. The molecule has 0 fully saturated rings. The average molecular weight is 269 g/mol. The standard InChI is InChI=1S/C15H9ClN2O/c1-19-12-3-2-9-6-14-13(5-10(9)4-12)15(16)11(7-17)8-18-14/h2-6,8H,1H3. The summed E-state index contributed by atoms with van der Waals surface area (Å²) >= 11 is 6.22. The van der Waals surface area contributed by atoms with Crippen molar-refractivity contribution in [2.75, 3.05) is 7.11 Å². The molecule has 0 radical (unpaired) electrons. The number of fused-ring (bicyclic) bond motifs is 2. The van der Waals surface area contributed by atoms with Gasteiger partial charge in [-0.25, -0.2) is 0 Å². The quantitative estimate of drug-likeness (QED) is 0.628. The van der Waals surface area contributed by atoms with Crippen LogP contribution in [0.3, 0.4) is 0 Å². The molecule has 1 aromatic heterocycles. The predicted molar refractivity (Wildman–Crippen MR) is 75.5 cm³/mol. The SMILES string of the molecule is COc1ccc2cc3ncc(C#N)c(Cl)c3cc2c1. The predicted octanol–water partition coefficient (Wildman–Crippen LogP) is 3.92. The summed E-state index contributed by atoms with van der Waals surface area (Å²) in [5.41, 5.74) is 1.16. The fourth-order valence-electron chi connectivity index (χ4n) is 2.09. The summed E-state index contributed by atoms with van der Waals surface area (Å²) in [6.07, 6.45) is 1.50. The molecule has 0 spiro atoms. The van der Waals surface area contributed by atoms with Gasteiger partial charge in [0.25, 0.3) is 0 Å². The van der Waals surface area contributed by atoms with E-state index in [0.29, 0.717) is 10.6 Å². The van der Waals surface area contributed by atoms with Gasteiger partial charge in [0.1, 0.15) is 11.8 Å². The fraction of sp³-hybridized carbons (Fsp3) is 0.0667. The lowest BCUT2D eigenvalue weighted by atomic mass is 10.1. The number of ether oxygens (including phenoxy) is 1. The van der Waals surface area contributed by atoms with E-state index in [2.05, 4.69) is 4.98 Å². The number of pyridine rings is 1. The first-order valence-corrected chi connectivity index (χ1v) is 6.07. The van der Waals surface area contributed by atoms with Gasteiger partial charge in [-0.2, -0.15) is 5.26 Å². The van der Waals surface area contributed by atoms with Gasteiger partial charge in [0, 0.05) is 11.6 Å². The van der Waals surface area contributed by atoms with E-state index < -0.39 is 0 Å². The van der Waals surface area contributed by atoms with Crippen LogP contribution in [-0.2, 0) is 0 Å². The number of benzene rings is 2. The average Bonchev–Trinajstić information content (AvgIpc) is 2.45. The third-order valence-electron chi connectivity index (χ3n) is 3.09. The minimum Gasteiger partial charge on any atom is -0.497 e. The lowest BCUT2D eigenvalue weighted by Gasteiger charge is -2.06. The molecule has 2 aromatic carbocycles. The molecule has 0 unspecified atom stereocenters. The van der Waals surface area contributed by atoms with Crippen LogP contribution in [-0.4, -0.2) is 12.1 Å². The maximum Gasteiger partial charge on any atom is 0.119 e. The number of nitriles is 1. The van der Waals surface area contributed by atoms with Gasteiger partial charge in [-0.1, -0.05) is 17.7 Å². The van der Waals surface area contributed by atoms with Crippen molar-refractivity contribution in [1.82, 2.24) is 4.98 Å². The lowest BCUT2D eigenvalue weighted by molar-refractivity contribution is 0.415. The van der Waals surface area contributed by atoms with Gasteiger partial charge in [-0.3, -0.25) is 4.98 Å². The van der Waals surface area contributed by atoms with Crippen LogP contribution in [0.2, 0.25) is 5.02 Å². The molecule has 0 atom stereocenters. The van der Waals surface area contributed by atoms with Gasteiger partial charge in [0.15, 0.2) is 0 Å². The molecule has 0 aliphatic heterocycles. The summed E-state index contributed by atoms with van der Waals surface area (Å²) < 4.78 is 5.21. The van der Waals surface area contributed by atoms with Crippen LogP contribution in [0.15, 0.2) is 36.5 Å². The Balaban J connectivity index is 2.40. The number of hydrogen-bond acceptors (Lipinski definition) is 3. The molecule has 0 aliphatic carbocycles. The van der Waals surface area contributed by atoms with Crippen molar-refractivity contribution in [2.45, 2.75) is 0 Å². The number of rotatable bonds is 1. The third kappa shape index (κ3) is 1.87. The summed E-state index contributed by atoms with van der Waals surface area (Å²) in [4.78, 5) is 4.27. The number of hydrogen-bond donors (Lipinski definition) is 0. The molecule has 19 heavy (non-hydrogen) atoms. The lowest BCUT2D eigenvalue weighted by Crippen LogP contribution is -1.87. The molecule has 0 aliphatic rings. The first-order valence-electron chi connectivity index (χ1n) is 5.69. The molecular formula is C15H9ClN2O. The van der Waals surface area contributed by atoms with Crippen molar-refractivity contribution in [1.29, 1.82) is 5.26 Å². The Morgan fingerprint density at radius 3 is 2.79 bits per heavy atom. The van der Waals surface area contributed by atoms with Gasteiger partial charge in [-0.05, 0) is 35.0 Å². The van der Waals surface area contributed by atoms with E-state index in [1.54, 1.807) is 7.11 Å². The molecular weight excluding hydrogens is 260 g/mol. The zero-order valence-electron chi connectivity index (χ0n) is 10.1. The minimum absolute atomic E-state index is 0.386. The van der Waals surface area contributed by atoms with Crippen LogP contribution >= 0.6 is 11.6 Å². The first kappa shape index (κ1) is 11.8. The molecule has 92 valence electrons. The zero-order valence-corrected chi connectivity index (χ0v) is 10.9. The van der Waals surface area contributed by atoms with Gasteiger partial charge in [-0.15, -0.1) is 0 Å². The molecule has 0 N–H and O–H groups in total. The van der Waals surface area contributed by atoms with Crippen LogP contribution in [0.25, 0.3) is 21.7 Å². The van der Waals surface area contributed by atoms with E-state index >= 15 is 0 Å². The number of aromatic nitrogens is 1. The summed E-state index contributed by atoms with van der Waals surface area (Å²) in [7, 11) is 1.63. The number of nitrogens with zero attached hydrogens (tertiary/aromatic N) is 2. The van der Waals surface area contributed by atoms with Crippen molar-refractivity contribution in [2.24, 2.45) is 0 Å². The molecule has 0 saturated heterocycles. The van der Waals surface area contributed by atoms with Gasteiger partial charge in [0.05, 0.1) is 23.2 Å². The highest BCUT2D eigenvalue weighted by molar-refractivity contribution is 6.36. The maximum atomic E-state index is 8.98. The van der Waals surface area contributed by atoms with Crippen LogP contribution < -0.4 is 4.74 Å². The van der Waals surface area contributed by atoms with Crippen molar-refractivity contribution in [3.05, 3.63) is 47.1 Å². The molecule has 3 rings (SSSR count). The molecule has 3 nitrogen and oxygen atoms in total. The molecule has 1 heterocycles. The summed E-state index contributed by atoms with van der Waals surface area (Å²) in [5.74, 6) is 0.785. The highest BCUT2D eigenvalue weighted by atomic mass is 35.5. The molecule has 0 saturated carbocycles. The smallest absolute Gasteiger partial charge is 0.119 e. The highest BCUT2D eigenvalue weighted by Crippen LogP contribution is 2.30. The van der Waals surface area contributed by atoms with E-state index in [0.717, 1.165) is 27.4 Å². The number of halogens is 1. The van der Waals surface area contributed by atoms with Gasteiger partial charge in [0.2, 0.25) is 0 Å². The Labute approximate surface area is 115 Å². The fourth-order valence-corrected chi connectivity index (χ4v) is 2.33. The highest BCUT2D eigenvalue weighted by Gasteiger charge is 2.08. The van der Waals surface area contributed by atoms with Crippen LogP contribution in [0.1, 0.15) is 5.56 Å². The second kappa shape index (κ2) is 4.42. The van der Waals surface area contributed by atoms with E-state index in [4.69, 9.17) is 21.6 Å². The summed E-state index contributed by atoms with van der Waals surface area (Å²) in [6, 6.07) is 11.7. The normalized spacial score (nSPS) is 10.6. The Morgan fingerprint density at radius 1 is 1.21 bits per heavy atom. The summed E-state index contributed by atoms with van der Waals surface area (Å²) in [6.45, 7) is 0. The molecule has 0 amide bonds. The van der Waals surface area contributed by atoms with Crippen molar-refractivity contribution in [3.63, 3.8) is 0 Å². The Bertz CT molecular complexity index is 837. The first-order chi connectivity index (χ1) is 9.22. The van der Waals surface area contributed by atoms with E-state index in [1.165, 1.54) is 6.20 Å². The van der Waals surface area contributed by atoms with E-state index in [-0.39, 0.29) is 0 Å². The molecule has 4 heteroatoms. The Kier molecular flexibility index (Phi) is 2.73. The van der Waals surface area contributed by atoms with Crippen molar-refractivity contribution in [3.8, 4) is 11.8 Å². The van der Waals surface area contributed by atoms with Crippen molar-refractivity contribution >= 4 is 33.3 Å². The summed E-state index contributed by atoms with van der Waals surface area (Å²) in [5, 5.41) is 12.3. The third-order valence-corrected chi connectivity index (χ3v) is 3.50. The van der Waals surface area contributed by atoms with Crippen LogP contribution in [0.4, 0.5) is 0 Å². The van der Waals surface area contributed by atoms with Crippen LogP contribution in [0, 0.1) is 11.3 Å². The minimum atomic E-state index is 0.386. The monoisotopic (exact) mass is 268 g/mol. The van der Waals surface area contributed by atoms with E-state index in [1.807, 2.05) is 36.4 Å². The van der Waals surface area contributed by atoms with Crippen LogP contribution in [0.5, 0.6) is 5.75 Å². The maximum absolute atomic E-state index is 8.98. The van der Waals surface area contributed by atoms with Crippen molar-refractivity contribution < 1.29 is 4.74 Å². The second-order valence-electron chi connectivity index (χ2n) is 4.18. The largest absolute Gasteiger partial charge is 0.497 e. The van der Waals surface area contributed by atoms with Gasteiger partial charge < -0.3 is 4.74 Å². The second-order valence-corrected chi connectivity index (χ2v) is 4.56. The molecule has 3 aromatic rings. The molecule has 0 bridgehead atoms. The Morgan fingerprint density at radius 2 is 2.05 bits per heavy atom. The topological polar surface area (TPSA) is 45.9 Å².